The van der Waals surface area contributed by atoms with Gasteiger partial charge in [0, 0.05) is 12.1 Å². The highest BCUT2D eigenvalue weighted by Gasteiger charge is 2.17. The van der Waals surface area contributed by atoms with Crippen molar-refractivity contribution in [2.45, 2.75) is 45.6 Å². The molecule has 18 heavy (non-hydrogen) atoms. The zero-order valence-corrected chi connectivity index (χ0v) is 13.1. The molecule has 1 saturated heterocycles. The Hall–Kier alpha value is -0.120. The highest BCUT2D eigenvalue weighted by Crippen LogP contribution is 2.16. The van der Waals surface area contributed by atoms with E-state index in [2.05, 4.69) is 50.0 Å². The second-order valence-corrected chi connectivity index (χ2v) is 7.04. The molecular weight excluding hydrogens is 222 g/mol. The van der Waals surface area contributed by atoms with Crippen molar-refractivity contribution >= 4 is 0 Å². The van der Waals surface area contributed by atoms with Gasteiger partial charge in [0.15, 0.2) is 0 Å². The third kappa shape index (κ3) is 7.34. The molecule has 1 aliphatic heterocycles. The van der Waals surface area contributed by atoms with Gasteiger partial charge in [0.2, 0.25) is 0 Å². The molecule has 3 heteroatoms. The van der Waals surface area contributed by atoms with E-state index < -0.39 is 0 Å². The Morgan fingerprint density at radius 1 is 1.22 bits per heavy atom. The molecule has 0 aromatic carbocycles. The Balaban J connectivity index is 2.05. The average molecular weight is 255 g/mol. The van der Waals surface area contributed by atoms with Crippen molar-refractivity contribution in [3.8, 4) is 0 Å². The largest absolute Gasteiger partial charge is 0.312 e. The van der Waals surface area contributed by atoms with Crippen molar-refractivity contribution in [2.24, 2.45) is 5.92 Å². The minimum atomic E-state index is 0.256. The quantitative estimate of drug-likeness (QED) is 0.733. The molecule has 0 unspecified atom stereocenters. The Morgan fingerprint density at radius 2 is 1.83 bits per heavy atom. The van der Waals surface area contributed by atoms with Gasteiger partial charge in [0.1, 0.15) is 0 Å². The van der Waals surface area contributed by atoms with Crippen LogP contribution >= 0.6 is 0 Å². The molecule has 1 fully saturated rings. The maximum Gasteiger partial charge on any atom is 0.00965 e. The molecular formula is C15H33N3. The highest BCUT2D eigenvalue weighted by molar-refractivity contribution is 4.73. The third-order valence-electron chi connectivity index (χ3n) is 3.78. The summed E-state index contributed by atoms with van der Waals surface area (Å²) in [4.78, 5) is 4.96. The van der Waals surface area contributed by atoms with Gasteiger partial charge in [-0.2, -0.15) is 0 Å². The summed E-state index contributed by atoms with van der Waals surface area (Å²) in [6.45, 7) is 12.9. The van der Waals surface area contributed by atoms with E-state index in [9.17, 15) is 0 Å². The van der Waals surface area contributed by atoms with Crippen LogP contribution in [0.1, 0.15) is 40.0 Å². The molecule has 108 valence electrons. The van der Waals surface area contributed by atoms with E-state index in [4.69, 9.17) is 0 Å². The monoisotopic (exact) mass is 255 g/mol. The van der Waals surface area contributed by atoms with Crippen molar-refractivity contribution < 1.29 is 0 Å². The third-order valence-corrected chi connectivity index (χ3v) is 3.78. The zero-order valence-electron chi connectivity index (χ0n) is 13.1. The van der Waals surface area contributed by atoms with Gasteiger partial charge in [0.25, 0.3) is 0 Å². The lowest BCUT2D eigenvalue weighted by Gasteiger charge is -2.31. The summed E-state index contributed by atoms with van der Waals surface area (Å²) >= 11 is 0. The summed E-state index contributed by atoms with van der Waals surface area (Å²) in [5.41, 5.74) is 0.256. The highest BCUT2D eigenvalue weighted by atomic mass is 15.1. The molecule has 0 atom stereocenters. The molecule has 1 aliphatic rings. The van der Waals surface area contributed by atoms with Crippen molar-refractivity contribution in [3.63, 3.8) is 0 Å². The van der Waals surface area contributed by atoms with Gasteiger partial charge < -0.3 is 15.1 Å². The summed E-state index contributed by atoms with van der Waals surface area (Å²) in [5.74, 6) is 0.918. The average Bonchev–Trinajstić information content (AvgIpc) is 2.26. The van der Waals surface area contributed by atoms with Crippen LogP contribution in [0.15, 0.2) is 0 Å². The molecule has 0 aliphatic carbocycles. The van der Waals surface area contributed by atoms with E-state index in [1.807, 2.05) is 0 Å². The molecule has 1 rings (SSSR count). The first-order valence-electron chi connectivity index (χ1n) is 7.49. The summed E-state index contributed by atoms with van der Waals surface area (Å²) in [7, 11) is 4.51. The molecule has 0 bridgehead atoms. The number of nitrogens with one attached hydrogen (secondary N) is 1. The SMILES string of the molecule is CN1CCC(CN(C)CCCNC(C)(C)C)CC1. The minimum Gasteiger partial charge on any atom is -0.312 e. The predicted octanol–water partition coefficient (Wildman–Crippen LogP) is 2.04. The van der Waals surface area contributed by atoms with Crippen LogP contribution in [0, 0.1) is 5.92 Å². The fourth-order valence-electron chi connectivity index (χ4n) is 2.59. The Labute approximate surface area is 114 Å². The van der Waals surface area contributed by atoms with Gasteiger partial charge in [-0.3, -0.25) is 0 Å². The second-order valence-electron chi connectivity index (χ2n) is 7.04. The van der Waals surface area contributed by atoms with E-state index in [1.54, 1.807) is 0 Å². The Morgan fingerprint density at radius 3 is 2.39 bits per heavy atom. The normalized spacial score (nSPS) is 19.7. The van der Waals surface area contributed by atoms with Crippen molar-refractivity contribution in [2.75, 3.05) is 46.8 Å². The molecule has 0 saturated carbocycles. The Kier molecular flexibility index (Phi) is 6.61. The smallest absolute Gasteiger partial charge is 0.00965 e. The van der Waals surface area contributed by atoms with E-state index in [0.717, 1.165) is 12.5 Å². The molecule has 3 nitrogen and oxygen atoms in total. The lowest BCUT2D eigenvalue weighted by molar-refractivity contribution is 0.175. The minimum absolute atomic E-state index is 0.256. The number of likely N-dealkylation sites (tertiary alicyclic amines) is 1. The summed E-state index contributed by atoms with van der Waals surface area (Å²) < 4.78 is 0. The van der Waals surface area contributed by atoms with Crippen LogP contribution < -0.4 is 5.32 Å². The van der Waals surface area contributed by atoms with Crippen molar-refractivity contribution in [1.82, 2.24) is 15.1 Å². The molecule has 0 radical (unpaired) electrons. The van der Waals surface area contributed by atoms with Crippen LogP contribution in [0.4, 0.5) is 0 Å². The van der Waals surface area contributed by atoms with Crippen molar-refractivity contribution in [1.29, 1.82) is 0 Å². The summed E-state index contributed by atoms with van der Waals surface area (Å²) in [6.07, 6.45) is 4.00. The second kappa shape index (κ2) is 7.46. The molecule has 1 heterocycles. The maximum atomic E-state index is 3.55. The van der Waals surface area contributed by atoms with E-state index in [-0.39, 0.29) is 5.54 Å². The topological polar surface area (TPSA) is 18.5 Å². The first-order chi connectivity index (χ1) is 8.37. The lowest BCUT2D eigenvalue weighted by atomic mass is 9.96. The van der Waals surface area contributed by atoms with Crippen LogP contribution in [0.25, 0.3) is 0 Å². The lowest BCUT2D eigenvalue weighted by Crippen LogP contribution is -2.39. The van der Waals surface area contributed by atoms with Crippen molar-refractivity contribution in [3.05, 3.63) is 0 Å². The van der Waals surface area contributed by atoms with E-state index in [0.29, 0.717) is 0 Å². The first kappa shape index (κ1) is 15.9. The summed E-state index contributed by atoms with van der Waals surface area (Å²) in [5, 5.41) is 3.55. The molecule has 1 N–H and O–H groups in total. The predicted molar refractivity (Wildman–Crippen MR) is 80.1 cm³/mol. The van der Waals surface area contributed by atoms with Gasteiger partial charge in [-0.15, -0.1) is 0 Å². The standard InChI is InChI=1S/C15H33N3/c1-15(2,3)16-9-6-10-18(5)13-14-7-11-17(4)12-8-14/h14,16H,6-13H2,1-5H3. The first-order valence-corrected chi connectivity index (χ1v) is 7.49. The van der Waals surface area contributed by atoms with Gasteiger partial charge in [0.05, 0.1) is 0 Å². The van der Waals surface area contributed by atoms with Crippen LogP contribution in [0.3, 0.4) is 0 Å². The molecule has 0 aromatic rings. The number of hydrogen-bond acceptors (Lipinski definition) is 3. The van der Waals surface area contributed by atoms with Gasteiger partial charge in [-0.25, -0.2) is 0 Å². The Bertz CT molecular complexity index is 214. The van der Waals surface area contributed by atoms with Gasteiger partial charge in [-0.05, 0) is 86.2 Å². The van der Waals surface area contributed by atoms with Gasteiger partial charge >= 0.3 is 0 Å². The fourth-order valence-corrected chi connectivity index (χ4v) is 2.59. The molecule has 0 aromatic heterocycles. The zero-order chi connectivity index (χ0) is 13.6. The van der Waals surface area contributed by atoms with E-state index >= 15 is 0 Å². The van der Waals surface area contributed by atoms with Crippen LogP contribution in [-0.2, 0) is 0 Å². The van der Waals surface area contributed by atoms with Gasteiger partial charge in [-0.1, -0.05) is 0 Å². The number of nitrogens with zero attached hydrogens (tertiary/aromatic N) is 2. The number of piperidine rings is 1. The number of rotatable bonds is 6. The molecule has 0 amide bonds. The summed E-state index contributed by atoms with van der Waals surface area (Å²) in [6, 6.07) is 0. The fraction of sp³-hybridized carbons (Fsp3) is 1.00. The number of hydrogen-bond donors (Lipinski definition) is 1. The van der Waals surface area contributed by atoms with Crippen LogP contribution in [-0.4, -0.2) is 62.2 Å². The van der Waals surface area contributed by atoms with Crippen LogP contribution in [0.2, 0.25) is 0 Å². The maximum absolute atomic E-state index is 3.55. The molecule has 0 spiro atoms. The van der Waals surface area contributed by atoms with E-state index in [1.165, 1.54) is 45.4 Å². The van der Waals surface area contributed by atoms with Crippen LogP contribution in [0.5, 0.6) is 0 Å².